The Bertz CT molecular complexity index is 387. The largest absolute Gasteiger partial charge is 0.491 e. The van der Waals surface area contributed by atoms with Crippen LogP contribution in [0.5, 0.6) is 5.75 Å². The maximum Gasteiger partial charge on any atom is 0.419 e. The van der Waals surface area contributed by atoms with Crippen molar-refractivity contribution in [3.63, 3.8) is 0 Å². The Morgan fingerprint density at radius 2 is 1.81 bits per heavy atom. The fourth-order valence-electron chi connectivity index (χ4n) is 1.11. The molecule has 0 fully saturated rings. The number of alkyl halides is 3. The number of ether oxygens (including phenoxy) is 1. The van der Waals surface area contributed by atoms with Gasteiger partial charge in [-0.1, -0.05) is 0 Å². The van der Waals surface area contributed by atoms with Gasteiger partial charge in [0, 0.05) is 0 Å². The van der Waals surface area contributed by atoms with Crippen LogP contribution in [0.2, 0.25) is 0 Å². The molecule has 0 atom stereocenters. The van der Waals surface area contributed by atoms with E-state index in [4.69, 9.17) is 4.74 Å². The molecule has 0 aliphatic carbocycles. The van der Waals surface area contributed by atoms with Crippen molar-refractivity contribution >= 4 is 15.9 Å². The fraction of sp³-hybridized carbons (Fsp3) is 0.400. The van der Waals surface area contributed by atoms with E-state index in [-0.39, 0.29) is 16.3 Å². The van der Waals surface area contributed by atoms with Gasteiger partial charge in [0.2, 0.25) is 0 Å². The van der Waals surface area contributed by atoms with E-state index in [0.29, 0.717) is 6.07 Å². The van der Waals surface area contributed by atoms with Gasteiger partial charge in [-0.05, 0) is 41.9 Å². The number of hydrogen-bond acceptors (Lipinski definition) is 1. The average molecular weight is 301 g/mol. The summed E-state index contributed by atoms with van der Waals surface area (Å²) in [7, 11) is 0. The lowest BCUT2D eigenvalue weighted by Crippen LogP contribution is -2.11. The Balaban J connectivity index is 3.23. The molecule has 0 spiro atoms. The number of rotatable bonds is 2. The minimum atomic E-state index is -4.73. The molecule has 0 amide bonds. The molecule has 0 aliphatic heterocycles. The van der Waals surface area contributed by atoms with Crippen LogP contribution in [-0.2, 0) is 6.18 Å². The van der Waals surface area contributed by atoms with Gasteiger partial charge in [-0.3, -0.25) is 0 Å². The van der Waals surface area contributed by atoms with Crippen LogP contribution < -0.4 is 4.74 Å². The summed E-state index contributed by atoms with van der Waals surface area (Å²) >= 11 is 2.72. The van der Waals surface area contributed by atoms with Crippen LogP contribution in [0.25, 0.3) is 0 Å². The number of halogens is 5. The van der Waals surface area contributed by atoms with Gasteiger partial charge in [0.1, 0.15) is 11.6 Å². The highest BCUT2D eigenvalue weighted by Crippen LogP contribution is 2.37. The molecule has 0 aliphatic rings. The van der Waals surface area contributed by atoms with Gasteiger partial charge in [0.25, 0.3) is 0 Å². The Kier molecular flexibility index (Phi) is 3.83. The average Bonchev–Trinajstić information content (AvgIpc) is 2.08. The normalized spacial score (nSPS) is 12.0. The predicted molar refractivity (Wildman–Crippen MR) is 54.9 cm³/mol. The Morgan fingerprint density at radius 1 is 1.25 bits per heavy atom. The standard InChI is InChI=1S/C10H9BrF4O/c1-5(2)16-6-3-7(10(13,14)15)9(12)8(11)4-6/h3-5H,1-2H3. The van der Waals surface area contributed by atoms with Crippen molar-refractivity contribution < 1.29 is 22.3 Å². The molecule has 1 aromatic carbocycles. The first-order valence-electron chi connectivity index (χ1n) is 4.44. The van der Waals surface area contributed by atoms with E-state index < -0.39 is 17.6 Å². The molecule has 1 nitrogen and oxygen atoms in total. The zero-order valence-electron chi connectivity index (χ0n) is 8.53. The van der Waals surface area contributed by atoms with Crippen LogP contribution in [0, 0.1) is 5.82 Å². The van der Waals surface area contributed by atoms with Crippen molar-refractivity contribution in [1.29, 1.82) is 0 Å². The molecule has 0 N–H and O–H groups in total. The van der Waals surface area contributed by atoms with Gasteiger partial charge in [-0.15, -0.1) is 0 Å². The van der Waals surface area contributed by atoms with Crippen molar-refractivity contribution in [1.82, 2.24) is 0 Å². The van der Waals surface area contributed by atoms with Gasteiger partial charge >= 0.3 is 6.18 Å². The van der Waals surface area contributed by atoms with E-state index >= 15 is 0 Å². The Labute approximate surface area is 98.5 Å². The lowest BCUT2D eigenvalue weighted by molar-refractivity contribution is -0.140. The smallest absolute Gasteiger partial charge is 0.419 e. The van der Waals surface area contributed by atoms with Crippen LogP contribution in [0.1, 0.15) is 19.4 Å². The molecule has 0 heterocycles. The maximum absolute atomic E-state index is 13.2. The first kappa shape index (κ1) is 13.3. The van der Waals surface area contributed by atoms with E-state index in [1.807, 2.05) is 0 Å². The van der Waals surface area contributed by atoms with Crippen LogP contribution >= 0.6 is 15.9 Å². The summed E-state index contributed by atoms with van der Waals surface area (Å²) < 4.78 is 55.3. The predicted octanol–water partition coefficient (Wildman–Crippen LogP) is 4.39. The van der Waals surface area contributed by atoms with Crippen LogP contribution in [-0.4, -0.2) is 6.10 Å². The summed E-state index contributed by atoms with van der Waals surface area (Å²) in [5, 5.41) is 0. The van der Waals surface area contributed by atoms with E-state index in [1.54, 1.807) is 13.8 Å². The van der Waals surface area contributed by atoms with E-state index in [9.17, 15) is 17.6 Å². The number of benzene rings is 1. The zero-order valence-corrected chi connectivity index (χ0v) is 10.1. The van der Waals surface area contributed by atoms with Crippen LogP contribution in [0.4, 0.5) is 17.6 Å². The second-order valence-electron chi connectivity index (χ2n) is 3.43. The molecule has 0 saturated heterocycles. The molecule has 90 valence electrons. The minimum absolute atomic E-state index is 0.0180. The quantitative estimate of drug-likeness (QED) is 0.736. The molecule has 0 aromatic heterocycles. The van der Waals surface area contributed by atoms with Crippen molar-refractivity contribution in [3.8, 4) is 5.75 Å². The second-order valence-corrected chi connectivity index (χ2v) is 4.29. The molecular formula is C10H9BrF4O. The highest BCUT2D eigenvalue weighted by molar-refractivity contribution is 9.10. The summed E-state index contributed by atoms with van der Waals surface area (Å²) in [5.74, 6) is -1.35. The molecular weight excluding hydrogens is 292 g/mol. The monoisotopic (exact) mass is 300 g/mol. The van der Waals surface area contributed by atoms with Crippen LogP contribution in [0.3, 0.4) is 0 Å². The van der Waals surface area contributed by atoms with E-state index in [0.717, 1.165) is 0 Å². The topological polar surface area (TPSA) is 9.23 Å². The first-order chi connectivity index (χ1) is 7.21. The van der Waals surface area contributed by atoms with Gasteiger partial charge < -0.3 is 4.74 Å². The molecule has 16 heavy (non-hydrogen) atoms. The molecule has 0 unspecified atom stereocenters. The number of hydrogen-bond donors (Lipinski definition) is 0. The summed E-state index contributed by atoms with van der Waals surface area (Å²) in [6.45, 7) is 3.34. The molecule has 0 radical (unpaired) electrons. The third-order valence-electron chi connectivity index (χ3n) is 1.68. The molecule has 6 heteroatoms. The Hall–Kier alpha value is -0.780. The minimum Gasteiger partial charge on any atom is -0.491 e. The van der Waals surface area contributed by atoms with Gasteiger partial charge in [0.15, 0.2) is 0 Å². The summed E-state index contributed by atoms with van der Waals surface area (Å²) in [6, 6.07) is 1.82. The van der Waals surface area contributed by atoms with Crippen molar-refractivity contribution in [2.24, 2.45) is 0 Å². The first-order valence-corrected chi connectivity index (χ1v) is 5.24. The lowest BCUT2D eigenvalue weighted by atomic mass is 10.2. The third-order valence-corrected chi connectivity index (χ3v) is 2.26. The van der Waals surface area contributed by atoms with Gasteiger partial charge in [-0.2, -0.15) is 13.2 Å². The molecule has 0 saturated carbocycles. The summed E-state index contributed by atoms with van der Waals surface area (Å²) in [6.07, 6.45) is -5.01. The highest BCUT2D eigenvalue weighted by atomic mass is 79.9. The van der Waals surface area contributed by atoms with Crippen molar-refractivity contribution in [2.45, 2.75) is 26.1 Å². The van der Waals surface area contributed by atoms with Gasteiger partial charge in [0.05, 0.1) is 16.1 Å². The maximum atomic E-state index is 13.2. The third kappa shape index (κ3) is 3.10. The second kappa shape index (κ2) is 4.61. The molecule has 0 bridgehead atoms. The van der Waals surface area contributed by atoms with Gasteiger partial charge in [-0.25, -0.2) is 4.39 Å². The van der Waals surface area contributed by atoms with Crippen molar-refractivity contribution in [2.75, 3.05) is 0 Å². The summed E-state index contributed by atoms with van der Waals surface area (Å²) in [4.78, 5) is 0. The molecule has 1 aromatic rings. The van der Waals surface area contributed by atoms with Crippen LogP contribution in [0.15, 0.2) is 16.6 Å². The lowest BCUT2D eigenvalue weighted by Gasteiger charge is -2.14. The SMILES string of the molecule is CC(C)Oc1cc(Br)c(F)c(C(F)(F)F)c1. The van der Waals surface area contributed by atoms with E-state index in [2.05, 4.69) is 15.9 Å². The summed E-state index contributed by atoms with van der Waals surface area (Å²) in [5.41, 5.74) is -1.34. The van der Waals surface area contributed by atoms with E-state index in [1.165, 1.54) is 6.07 Å². The van der Waals surface area contributed by atoms with Crippen molar-refractivity contribution in [3.05, 3.63) is 28.0 Å². The zero-order chi connectivity index (χ0) is 12.5. The fourth-order valence-corrected chi connectivity index (χ4v) is 1.55. The molecule has 1 rings (SSSR count). The Morgan fingerprint density at radius 3 is 2.25 bits per heavy atom. The highest BCUT2D eigenvalue weighted by Gasteiger charge is 2.35.